The fourth-order valence-corrected chi connectivity index (χ4v) is 3.59. The zero-order valence-electron chi connectivity index (χ0n) is 17.8. The second-order valence-corrected chi connectivity index (χ2v) is 7.85. The van der Waals surface area contributed by atoms with E-state index in [0.29, 0.717) is 0 Å². The highest BCUT2D eigenvalue weighted by atomic mass is 15.1. The zero-order chi connectivity index (χ0) is 20.9. The minimum atomic E-state index is 1.15. The van der Waals surface area contributed by atoms with Gasteiger partial charge < -0.3 is 4.90 Å². The molecule has 148 valence electrons. The maximum Gasteiger partial charge on any atom is 0.0464 e. The van der Waals surface area contributed by atoms with E-state index in [1.165, 1.54) is 39.2 Å². The van der Waals surface area contributed by atoms with E-state index in [1.807, 2.05) is 0 Å². The van der Waals surface area contributed by atoms with Gasteiger partial charge in [0.05, 0.1) is 0 Å². The summed E-state index contributed by atoms with van der Waals surface area (Å²) in [7, 11) is 0. The van der Waals surface area contributed by atoms with Crippen LogP contribution in [0.1, 0.15) is 27.8 Å². The van der Waals surface area contributed by atoms with Crippen molar-refractivity contribution in [2.75, 3.05) is 4.90 Å². The molecule has 30 heavy (non-hydrogen) atoms. The number of benzene rings is 4. The summed E-state index contributed by atoms with van der Waals surface area (Å²) in [5, 5.41) is 0. The molecule has 0 saturated heterocycles. The Labute approximate surface area is 179 Å². The molecule has 0 unspecified atom stereocenters. The molecule has 0 aliphatic carbocycles. The Kier molecular flexibility index (Phi) is 5.81. The number of rotatable bonds is 5. The van der Waals surface area contributed by atoms with E-state index < -0.39 is 0 Å². The van der Waals surface area contributed by atoms with Crippen molar-refractivity contribution in [1.29, 1.82) is 0 Å². The molecule has 0 aliphatic heterocycles. The molecule has 4 aromatic rings. The van der Waals surface area contributed by atoms with E-state index in [1.54, 1.807) is 0 Å². The lowest BCUT2D eigenvalue weighted by atomic mass is 10.1. The number of hydrogen-bond acceptors (Lipinski definition) is 1. The molecule has 0 amide bonds. The molecule has 4 rings (SSSR count). The van der Waals surface area contributed by atoms with E-state index in [0.717, 1.165) is 5.69 Å². The maximum absolute atomic E-state index is 2.31. The predicted molar refractivity (Wildman–Crippen MR) is 131 cm³/mol. The van der Waals surface area contributed by atoms with E-state index >= 15 is 0 Å². The average Bonchev–Trinajstić information content (AvgIpc) is 2.75. The Morgan fingerprint density at radius 2 is 0.933 bits per heavy atom. The second kappa shape index (κ2) is 8.84. The summed E-state index contributed by atoms with van der Waals surface area (Å²) in [6.45, 7) is 6.38. The van der Waals surface area contributed by atoms with Gasteiger partial charge in [0.1, 0.15) is 0 Å². The van der Waals surface area contributed by atoms with Crippen molar-refractivity contribution in [3.05, 3.63) is 125 Å². The predicted octanol–water partition coefficient (Wildman–Crippen LogP) is 8.25. The molecule has 0 spiro atoms. The number of nitrogens with zero attached hydrogens (tertiary/aromatic N) is 1. The molecule has 0 aromatic heterocycles. The number of anilines is 3. The molecule has 0 bridgehead atoms. The van der Waals surface area contributed by atoms with E-state index in [9.17, 15) is 0 Å². The van der Waals surface area contributed by atoms with Gasteiger partial charge in [-0.2, -0.15) is 0 Å². The third-order valence-corrected chi connectivity index (χ3v) is 5.22. The lowest BCUT2D eigenvalue weighted by Gasteiger charge is -2.26. The molecule has 0 radical (unpaired) electrons. The Hall–Kier alpha value is -3.58. The minimum absolute atomic E-state index is 1.15. The first kappa shape index (κ1) is 19.7. The Morgan fingerprint density at radius 1 is 0.467 bits per heavy atom. The molecule has 0 heterocycles. The van der Waals surface area contributed by atoms with Crippen molar-refractivity contribution in [2.24, 2.45) is 0 Å². The van der Waals surface area contributed by atoms with Crippen molar-refractivity contribution in [1.82, 2.24) is 0 Å². The number of aryl methyl sites for hydroxylation is 3. The molecule has 1 nitrogen and oxygen atoms in total. The van der Waals surface area contributed by atoms with Gasteiger partial charge in [0.25, 0.3) is 0 Å². The van der Waals surface area contributed by atoms with Gasteiger partial charge in [0.2, 0.25) is 0 Å². The van der Waals surface area contributed by atoms with Gasteiger partial charge >= 0.3 is 0 Å². The highest BCUT2D eigenvalue weighted by molar-refractivity contribution is 5.78. The summed E-state index contributed by atoms with van der Waals surface area (Å²) < 4.78 is 0. The maximum atomic E-state index is 2.31. The zero-order valence-corrected chi connectivity index (χ0v) is 17.8. The van der Waals surface area contributed by atoms with Crippen LogP contribution >= 0.6 is 0 Å². The third kappa shape index (κ3) is 4.69. The topological polar surface area (TPSA) is 3.24 Å². The Bertz CT molecular complexity index is 1110. The molecule has 4 aromatic carbocycles. The Morgan fingerprint density at radius 3 is 1.40 bits per heavy atom. The fraction of sp³-hybridized carbons (Fsp3) is 0.103. The van der Waals surface area contributed by atoms with Crippen LogP contribution in [0.2, 0.25) is 0 Å². The van der Waals surface area contributed by atoms with Crippen molar-refractivity contribution < 1.29 is 0 Å². The van der Waals surface area contributed by atoms with Crippen molar-refractivity contribution in [2.45, 2.75) is 20.8 Å². The minimum Gasteiger partial charge on any atom is -0.310 e. The van der Waals surface area contributed by atoms with Gasteiger partial charge in [-0.3, -0.25) is 0 Å². The van der Waals surface area contributed by atoms with Gasteiger partial charge in [-0.25, -0.2) is 0 Å². The number of hydrogen-bond donors (Lipinski definition) is 0. The van der Waals surface area contributed by atoms with E-state index in [4.69, 9.17) is 0 Å². The SMILES string of the molecule is Cc1ccc(/C=C\c2ccc(N(c3cccc(C)c3)c3cccc(C)c3)cc2)cc1. The summed E-state index contributed by atoms with van der Waals surface area (Å²) in [6.07, 6.45) is 4.32. The smallest absolute Gasteiger partial charge is 0.0464 e. The normalized spacial score (nSPS) is 11.0. The summed E-state index contributed by atoms with van der Waals surface area (Å²) in [5.74, 6) is 0. The van der Waals surface area contributed by atoms with Crippen LogP contribution in [-0.2, 0) is 0 Å². The van der Waals surface area contributed by atoms with Crippen LogP contribution in [0, 0.1) is 20.8 Å². The summed E-state index contributed by atoms with van der Waals surface area (Å²) in [6, 6.07) is 34.6. The van der Waals surface area contributed by atoms with Crippen LogP contribution in [0.15, 0.2) is 97.1 Å². The van der Waals surface area contributed by atoms with Gasteiger partial charge in [0.15, 0.2) is 0 Å². The fourth-order valence-electron chi connectivity index (χ4n) is 3.59. The van der Waals surface area contributed by atoms with E-state index in [-0.39, 0.29) is 0 Å². The summed E-state index contributed by atoms with van der Waals surface area (Å²) in [4.78, 5) is 2.31. The first-order chi connectivity index (χ1) is 14.6. The molecule has 0 aliphatic rings. The van der Waals surface area contributed by atoms with E-state index in [2.05, 4.69) is 135 Å². The van der Waals surface area contributed by atoms with Crippen molar-refractivity contribution >= 4 is 29.2 Å². The highest BCUT2D eigenvalue weighted by Crippen LogP contribution is 2.35. The van der Waals surface area contributed by atoms with Gasteiger partial charge in [-0.1, -0.05) is 78.4 Å². The molecule has 0 saturated carbocycles. The second-order valence-electron chi connectivity index (χ2n) is 7.85. The van der Waals surface area contributed by atoms with Crippen molar-refractivity contribution in [3.63, 3.8) is 0 Å². The van der Waals surface area contributed by atoms with Gasteiger partial charge in [-0.15, -0.1) is 0 Å². The van der Waals surface area contributed by atoms with Crippen LogP contribution in [0.4, 0.5) is 17.1 Å². The first-order valence-electron chi connectivity index (χ1n) is 10.4. The highest BCUT2D eigenvalue weighted by Gasteiger charge is 2.12. The molecular weight excluding hydrogens is 362 g/mol. The lowest BCUT2D eigenvalue weighted by Crippen LogP contribution is -2.10. The molecular formula is C29H27N. The monoisotopic (exact) mass is 389 g/mol. The van der Waals surface area contributed by atoms with Crippen LogP contribution in [0.5, 0.6) is 0 Å². The molecule has 0 fully saturated rings. The average molecular weight is 390 g/mol. The summed E-state index contributed by atoms with van der Waals surface area (Å²) >= 11 is 0. The molecule has 1 heteroatoms. The lowest BCUT2D eigenvalue weighted by molar-refractivity contribution is 1.26. The first-order valence-corrected chi connectivity index (χ1v) is 10.4. The van der Waals surface area contributed by atoms with Gasteiger partial charge in [-0.05, 0) is 79.4 Å². The van der Waals surface area contributed by atoms with Crippen LogP contribution in [0.3, 0.4) is 0 Å². The standard InChI is InChI=1S/C29H27N/c1-22-10-12-25(13-11-22)14-15-26-16-18-27(19-17-26)30(28-8-4-6-23(2)20-28)29-9-5-7-24(3)21-29/h4-21H,1-3H3/b15-14-. The Balaban J connectivity index is 1.66. The van der Waals surface area contributed by atoms with Crippen LogP contribution in [0.25, 0.3) is 12.2 Å². The van der Waals surface area contributed by atoms with Gasteiger partial charge in [0, 0.05) is 17.1 Å². The molecule has 0 N–H and O–H groups in total. The van der Waals surface area contributed by atoms with Crippen molar-refractivity contribution in [3.8, 4) is 0 Å². The van der Waals surface area contributed by atoms with Crippen LogP contribution < -0.4 is 4.90 Å². The summed E-state index contributed by atoms with van der Waals surface area (Å²) in [5.41, 5.74) is 9.68. The molecule has 0 atom stereocenters. The largest absolute Gasteiger partial charge is 0.310 e. The third-order valence-electron chi connectivity index (χ3n) is 5.22. The quantitative estimate of drug-likeness (QED) is 0.311. The van der Waals surface area contributed by atoms with Crippen LogP contribution in [-0.4, -0.2) is 0 Å².